The molecule has 0 bridgehead atoms. The number of hydrogen-bond donors (Lipinski definition) is 1. The molecule has 0 aromatic carbocycles. The van der Waals surface area contributed by atoms with E-state index in [0.29, 0.717) is 6.42 Å². The molecule has 0 atom stereocenters. The second kappa shape index (κ2) is 14.0. The van der Waals surface area contributed by atoms with Crippen LogP contribution in [0.5, 0.6) is 0 Å². The van der Waals surface area contributed by atoms with E-state index in [1.54, 1.807) is 0 Å². The maximum absolute atomic E-state index is 10.3. The van der Waals surface area contributed by atoms with Gasteiger partial charge in [0.1, 0.15) is 0 Å². The standard InChI is InChI=1S/C16H28O2/c1-2-3-4-5-6-7-8-9-10-11-12-13-14-15-16(17)18/h4-5,10-11H,2-3,6-9,12-15H2,1H3,(H,17,18)/b5-4-,11-10?. The molecule has 0 heterocycles. The largest absolute Gasteiger partial charge is 0.481 e. The number of hydrogen-bond acceptors (Lipinski definition) is 1. The van der Waals surface area contributed by atoms with Crippen LogP contribution in [0.1, 0.15) is 71.1 Å². The van der Waals surface area contributed by atoms with Gasteiger partial charge >= 0.3 is 5.97 Å². The molecule has 0 amide bonds. The van der Waals surface area contributed by atoms with E-state index in [-0.39, 0.29) is 0 Å². The maximum atomic E-state index is 10.3. The van der Waals surface area contributed by atoms with Crippen LogP contribution in [0.3, 0.4) is 0 Å². The first-order valence-electron chi connectivity index (χ1n) is 7.29. The van der Waals surface area contributed by atoms with E-state index in [4.69, 9.17) is 5.11 Å². The number of carboxylic acids is 1. The maximum Gasteiger partial charge on any atom is 0.303 e. The van der Waals surface area contributed by atoms with Gasteiger partial charge in [0.2, 0.25) is 0 Å². The van der Waals surface area contributed by atoms with Gasteiger partial charge in [-0.15, -0.1) is 0 Å². The van der Waals surface area contributed by atoms with E-state index >= 15 is 0 Å². The van der Waals surface area contributed by atoms with Crippen molar-refractivity contribution < 1.29 is 9.90 Å². The fourth-order valence-corrected chi connectivity index (χ4v) is 1.70. The van der Waals surface area contributed by atoms with Crippen LogP contribution in [-0.2, 0) is 4.79 Å². The number of allylic oxidation sites excluding steroid dienone is 4. The molecule has 1 N–H and O–H groups in total. The molecule has 0 aliphatic heterocycles. The summed E-state index contributed by atoms with van der Waals surface area (Å²) in [4.78, 5) is 10.3. The fraction of sp³-hybridized carbons (Fsp3) is 0.688. The van der Waals surface area contributed by atoms with Gasteiger partial charge in [0, 0.05) is 6.42 Å². The van der Waals surface area contributed by atoms with Crippen molar-refractivity contribution in [2.45, 2.75) is 71.1 Å². The zero-order chi connectivity index (χ0) is 13.5. The molecule has 0 saturated carbocycles. The van der Waals surface area contributed by atoms with Gasteiger partial charge in [0.25, 0.3) is 0 Å². The van der Waals surface area contributed by atoms with E-state index in [0.717, 1.165) is 25.7 Å². The van der Waals surface area contributed by atoms with E-state index in [9.17, 15) is 4.79 Å². The number of aliphatic carboxylic acids is 1. The highest BCUT2D eigenvalue weighted by molar-refractivity contribution is 5.66. The Labute approximate surface area is 112 Å². The van der Waals surface area contributed by atoms with Gasteiger partial charge < -0.3 is 5.11 Å². The van der Waals surface area contributed by atoms with Crippen LogP contribution in [0.2, 0.25) is 0 Å². The quantitative estimate of drug-likeness (QED) is 0.387. The van der Waals surface area contributed by atoms with E-state index in [1.807, 2.05) is 0 Å². The molecular weight excluding hydrogens is 224 g/mol. The van der Waals surface area contributed by atoms with Crippen LogP contribution in [0, 0.1) is 0 Å². The summed E-state index contributed by atoms with van der Waals surface area (Å²) in [6.07, 6.45) is 19.4. The van der Waals surface area contributed by atoms with Crippen LogP contribution in [-0.4, -0.2) is 11.1 Å². The molecule has 18 heavy (non-hydrogen) atoms. The zero-order valence-electron chi connectivity index (χ0n) is 11.7. The van der Waals surface area contributed by atoms with Gasteiger partial charge in [-0.2, -0.15) is 0 Å². The molecule has 2 heteroatoms. The summed E-state index contributed by atoms with van der Waals surface area (Å²) >= 11 is 0. The second-order valence-electron chi connectivity index (χ2n) is 4.66. The van der Waals surface area contributed by atoms with Gasteiger partial charge in [-0.25, -0.2) is 0 Å². The lowest BCUT2D eigenvalue weighted by atomic mass is 10.1. The average molecular weight is 252 g/mol. The van der Waals surface area contributed by atoms with Crippen molar-refractivity contribution in [2.75, 3.05) is 0 Å². The highest BCUT2D eigenvalue weighted by Gasteiger charge is 1.94. The summed E-state index contributed by atoms with van der Waals surface area (Å²) in [6.45, 7) is 2.20. The molecule has 0 fully saturated rings. The third-order valence-electron chi connectivity index (χ3n) is 2.79. The number of carboxylic acid groups (broad SMARTS) is 1. The molecule has 0 unspecified atom stereocenters. The molecule has 2 nitrogen and oxygen atoms in total. The first kappa shape index (κ1) is 16.9. The van der Waals surface area contributed by atoms with Crippen LogP contribution in [0.25, 0.3) is 0 Å². The SMILES string of the molecule is CCC/C=C\CCCCC=CCCCCC(=O)O. The van der Waals surface area contributed by atoms with Crippen LogP contribution in [0.15, 0.2) is 24.3 Å². The van der Waals surface area contributed by atoms with Gasteiger partial charge in [-0.1, -0.05) is 37.6 Å². The van der Waals surface area contributed by atoms with Gasteiger partial charge in [-0.05, 0) is 51.4 Å². The first-order chi connectivity index (χ1) is 8.77. The van der Waals surface area contributed by atoms with Crippen molar-refractivity contribution in [3.05, 3.63) is 24.3 Å². The minimum absolute atomic E-state index is 0.304. The van der Waals surface area contributed by atoms with E-state index in [2.05, 4.69) is 31.2 Å². The summed E-state index contributed by atoms with van der Waals surface area (Å²) in [6, 6.07) is 0. The van der Waals surface area contributed by atoms with Crippen molar-refractivity contribution >= 4 is 5.97 Å². The second-order valence-corrected chi connectivity index (χ2v) is 4.66. The molecule has 0 aromatic heterocycles. The van der Waals surface area contributed by atoms with Crippen molar-refractivity contribution in [1.82, 2.24) is 0 Å². The van der Waals surface area contributed by atoms with Gasteiger partial charge in [0.05, 0.1) is 0 Å². The monoisotopic (exact) mass is 252 g/mol. The third kappa shape index (κ3) is 14.9. The molecule has 0 aromatic rings. The van der Waals surface area contributed by atoms with Gasteiger partial charge in [0.15, 0.2) is 0 Å². The Bertz CT molecular complexity index is 241. The van der Waals surface area contributed by atoms with Gasteiger partial charge in [-0.3, -0.25) is 4.79 Å². The van der Waals surface area contributed by atoms with Crippen LogP contribution in [0.4, 0.5) is 0 Å². The van der Waals surface area contributed by atoms with Crippen molar-refractivity contribution in [1.29, 1.82) is 0 Å². The number of carbonyl (C=O) groups is 1. The van der Waals surface area contributed by atoms with Crippen LogP contribution < -0.4 is 0 Å². The van der Waals surface area contributed by atoms with Crippen LogP contribution >= 0.6 is 0 Å². The Morgan fingerprint density at radius 2 is 1.28 bits per heavy atom. The normalized spacial score (nSPS) is 11.6. The lowest BCUT2D eigenvalue weighted by Crippen LogP contribution is -1.92. The Balaban J connectivity index is 3.16. The first-order valence-corrected chi connectivity index (χ1v) is 7.29. The van der Waals surface area contributed by atoms with E-state index < -0.39 is 5.97 Å². The summed E-state index contributed by atoms with van der Waals surface area (Å²) in [5, 5.41) is 8.47. The van der Waals surface area contributed by atoms with E-state index in [1.165, 1.54) is 32.1 Å². The average Bonchev–Trinajstić information content (AvgIpc) is 2.34. The summed E-state index contributed by atoms with van der Waals surface area (Å²) < 4.78 is 0. The predicted molar refractivity (Wildman–Crippen MR) is 77.8 cm³/mol. The minimum Gasteiger partial charge on any atom is -0.481 e. The topological polar surface area (TPSA) is 37.3 Å². The molecule has 0 aliphatic rings. The zero-order valence-corrected chi connectivity index (χ0v) is 11.7. The summed E-state index contributed by atoms with van der Waals surface area (Å²) in [5.41, 5.74) is 0. The summed E-state index contributed by atoms with van der Waals surface area (Å²) in [5.74, 6) is -0.685. The molecule has 0 radical (unpaired) electrons. The third-order valence-corrected chi connectivity index (χ3v) is 2.79. The van der Waals surface area contributed by atoms with Crippen molar-refractivity contribution in [3.8, 4) is 0 Å². The summed E-state index contributed by atoms with van der Waals surface area (Å²) in [7, 11) is 0. The minimum atomic E-state index is -0.685. The number of unbranched alkanes of at least 4 members (excludes halogenated alkanes) is 6. The molecule has 0 aliphatic carbocycles. The molecular formula is C16H28O2. The number of rotatable bonds is 12. The molecule has 0 saturated heterocycles. The lowest BCUT2D eigenvalue weighted by molar-refractivity contribution is -0.137. The highest BCUT2D eigenvalue weighted by Crippen LogP contribution is 2.05. The van der Waals surface area contributed by atoms with Crippen molar-refractivity contribution in [3.63, 3.8) is 0 Å². The molecule has 0 spiro atoms. The molecule has 104 valence electrons. The van der Waals surface area contributed by atoms with Crippen molar-refractivity contribution in [2.24, 2.45) is 0 Å². The smallest absolute Gasteiger partial charge is 0.303 e. The Morgan fingerprint density at radius 3 is 1.72 bits per heavy atom. The lowest BCUT2D eigenvalue weighted by Gasteiger charge is -1.95. The Hall–Kier alpha value is -1.05. The Morgan fingerprint density at radius 1 is 0.833 bits per heavy atom. The predicted octanol–water partition coefficient (Wildman–Crippen LogP) is 5.10. The fourth-order valence-electron chi connectivity index (χ4n) is 1.70. The molecule has 0 rings (SSSR count). The highest BCUT2D eigenvalue weighted by atomic mass is 16.4. The Kier molecular flexibility index (Phi) is 13.2.